The van der Waals surface area contributed by atoms with Crippen LogP contribution in [0.25, 0.3) is 0 Å². The first kappa shape index (κ1) is 19.3. The molecular formula is C19H24N4O3S. The molecule has 1 atom stereocenters. The van der Waals surface area contributed by atoms with E-state index in [1.54, 1.807) is 13.1 Å². The van der Waals surface area contributed by atoms with Gasteiger partial charge in [-0.15, -0.1) is 0 Å². The van der Waals surface area contributed by atoms with Gasteiger partial charge in [-0.05, 0) is 44.4 Å². The number of amides is 1. The summed E-state index contributed by atoms with van der Waals surface area (Å²) in [7, 11) is -1.43. The lowest BCUT2D eigenvalue weighted by atomic mass is 10.1. The molecular weight excluding hydrogens is 364 g/mol. The highest BCUT2D eigenvalue weighted by molar-refractivity contribution is 7.91. The van der Waals surface area contributed by atoms with E-state index >= 15 is 0 Å². The number of carbonyl (C=O) groups excluding carboxylic acids is 1. The molecule has 0 spiro atoms. The Kier molecular flexibility index (Phi) is 5.19. The van der Waals surface area contributed by atoms with Crippen LogP contribution in [0.2, 0.25) is 0 Å². The predicted octanol–water partition coefficient (Wildman–Crippen LogP) is 2.40. The number of anilines is 2. The molecule has 1 aliphatic heterocycles. The van der Waals surface area contributed by atoms with E-state index in [0.717, 1.165) is 16.8 Å². The number of carbonyl (C=O) groups is 1. The molecule has 0 radical (unpaired) electrons. The zero-order valence-electron chi connectivity index (χ0n) is 16.0. The Labute approximate surface area is 159 Å². The first-order chi connectivity index (χ1) is 12.7. The molecule has 27 heavy (non-hydrogen) atoms. The van der Waals surface area contributed by atoms with Gasteiger partial charge in [0, 0.05) is 25.0 Å². The van der Waals surface area contributed by atoms with Crippen molar-refractivity contribution in [2.75, 3.05) is 23.9 Å². The number of nitrogens with one attached hydrogen (secondary N) is 1. The van der Waals surface area contributed by atoms with Crippen molar-refractivity contribution >= 4 is 27.4 Å². The van der Waals surface area contributed by atoms with Crippen LogP contribution in [0.15, 0.2) is 24.4 Å². The second kappa shape index (κ2) is 7.26. The summed E-state index contributed by atoms with van der Waals surface area (Å²) in [5, 5.41) is 3.20. The lowest BCUT2D eigenvalue weighted by molar-refractivity contribution is 0.0741. The minimum atomic E-state index is -3.06. The zero-order chi connectivity index (χ0) is 19.8. The van der Waals surface area contributed by atoms with Gasteiger partial charge < -0.3 is 10.2 Å². The van der Waals surface area contributed by atoms with Gasteiger partial charge in [-0.1, -0.05) is 17.7 Å². The molecule has 1 saturated heterocycles. The summed E-state index contributed by atoms with van der Waals surface area (Å²) in [5.41, 5.74) is 4.47. The fourth-order valence-electron chi connectivity index (χ4n) is 3.45. The van der Waals surface area contributed by atoms with Gasteiger partial charge in [0.1, 0.15) is 5.69 Å². The van der Waals surface area contributed by atoms with Gasteiger partial charge in [0.25, 0.3) is 5.91 Å². The third kappa shape index (κ3) is 4.27. The number of nitrogens with zero attached hydrogens (tertiary/aromatic N) is 3. The first-order valence-electron chi connectivity index (χ1n) is 8.82. The molecule has 144 valence electrons. The van der Waals surface area contributed by atoms with Crippen molar-refractivity contribution in [3.63, 3.8) is 0 Å². The summed E-state index contributed by atoms with van der Waals surface area (Å²) in [5.74, 6) is 0.161. The Morgan fingerprint density at radius 3 is 2.48 bits per heavy atom. The summed E-state index contributed by atoms with van der Waals surface area (Å²) in [6, 6.07) is 5.37. The summed E-state index contributed by atoms with van der Waals surface area (Å²) in [6.45, 7) is 6.05. The molecule has 1 aromatic heterocycles. The van der Waals surface area contributed by atoms with E-state index in [0.29, 0.717) is 12.4 Å². The average Bonchev–Trinajstić information content (AvgIpc) is 2.97. The Hall–Kier alpha value is -2.48. The molecule has 1 aliphatic rings. The maximum atomic E-state index is 12.7. The third-order valence-corrected chi connectivity index (χ3v) is 6.62. The van der Waals surface area contributed by atoms with Crippen LogP contribution in [0.3, 0.4) is 0 Å². The first-order valence-corrected chi connectivity index (χ1v) is 10.6. The van der Waals surface area contributed by atoms with Crippen molar-refractivity contribution in [1.29, 1.82) is 0 Å². The summed E-state index contributed by atoms with van der Waals surface area (Å²) in [4.78, 5) is 22.8. The summed E-state index contributed by atoms with van der Waals surface area (Å²) in [6.07, 6.45) is 1.99. The van der Waals surface area contributed by atoms with E-state index in [9.17, 15) is 13.2 Å². The van der Waals surface area contributed by atoms with E-state index in [1.807, 2.05) is 20.8 Å². The topological polar surface area (TPSA) is 92.3 Å². The van der Waals surface area contributed by atoms with Gasteiger partial charge in [0.2, 0.25) is 5.95 Å². The van der Waals surface area contributed by atoms with Crippen LogP contribution in [-0.2, 0) is 9.84 Å². The number of benzene rings is 1. The van der Waals surface area contributed by atoms with Crippen molar-refractivity contribution in [3.8, 4) is 0 Å². The molecule has 8 heteroatoms. The van der Waals surface area contributed by atoms with Crippen molar-refractivity contribution in [3.05, 3.63) is 46.8 Å². The lowest BCUT2D eigenvalue weighted by Crippen LogP contribution is -2.38. The van der Waals surface area contributed by atoms with Crippen LogP contribution >= 0.6 is 0 Å². The second-order valence-corrected chi connectivity index (χ2v) is 9.37. The maximum Gasteiger partial charge on any atom is 0.272 e. The number of rotatable bonds is 4. The second-order valence-electron chi connectivity index (χ2n) is 7.14. The minimum absolute atomic E-state index is 0.00713. The Bertz CT molecular complexity index is 965. The van der Waals surface area contributed by atoms with Crippen LogP contribution in [0.1, 0.15) is 33.6 Å². The molecule has 0 bridgehead atoms. The SMILES string of the molecule is Cc1cc(C)c(Nc2nccc(C(=O)N(C)C3CCS(=O)(=O)C3)n2)c(C)c1. The minimum Gasteiger partial charge on any atom is -0.336 e. The molecule has 1 N–H and O–H groups in total. The van der Waals surface area contributed by atoms with Crippen LogP contribution in [0.5, 0.6) is 0 Å². The van der Waals surface area contributed by atoms with Gasteiger partial charge in [0.15, 0.2) is 9.84 Å². The molecule has 2 heterocycles. The fourth-order valence-corrected chi connectivity index (χ4v) is 5.23. The van der Waals surface area contributed by atoms with E-state index in [1.165, 1.54) is 16.7 Å². The molecule has 1 fully saturated rings. The monoisotopic (exact) mass is 388 g/mol. The molecule has 0 aliphatic carbocycles. The van der Waals surface area contributed by atoms with E-state index in [-0.39, 0.29) is 29.1 Å². The summed E-state index contributed by atoms with van der Waals surface area (Å²) < 4.78 is 23.4. The quantitative estimate of drug-likeness (QED) is 0.865. The van der Waals surface area contributed by atoms with Gasteiger partial charge in [-0.25, -0.2) is 18.4 Å². The average molecular weight is 388 g/mol. The van der Waals surface area contributed by atoms with E-state index in [2.05, 4.69) is 27.4 Å². The maximum absolute atomic E-state index is 12.7. The number of aromatic nitrogens is 2. The number of hydrogen-bond donors (Lipinski definition) is 1. The van der Waals surface area contributed by atoms with E-state index in [4.69, 9.17) is 0 Å². The van der Waals surface area contributed by atoms with Crippen molar-refractivity contribution in [1.82, 2.24) is 14.9 Å². The Morgan fingerprint density at radius 1 is 1.22 bits per heavy atom. The molecule has 1 aromatic carbocycles. The zero-order valence-corrected chi connectivity index (χ0v) is 16.8. The van der Waals surface area contributed by atoms with Crippen molar-refractivity contribution < 1.29 is 13.2 Å². The third-order valence-electron chi connectivity index (χ3n) is 4.86. The van der Waals surface area contributed by atoms with Crippen LogP contribution in [0, 0.1) is 20.8 Å². The predicted molar refractivity (Wildman–Crippen MR) is 105 cm³/mol. The highest BCUT2D eigenvalue weighted by Gasteiger charge is 2.33. The molecule has 1 amide bonds. The molecule has 7 nitrogen and oxygen atoms in total. The molecule has 2 aromatic rings. The van der Waals surface area contributed by atoms with Gasteiger partial charge in [-0.3, -0.25) is 4.79 Å². The number of sulfone groups is 1. The smallest absolute Gasteiger partial charge is 0.272 e. The van der Waals surface area contributed by atoms with Gasteiger partial charge in [-0.2, -0.15) is 0 Å². The van der Waals surface area contributed by atoms with Crippen molar-refractivity contribution in [2.45, 2.75) is 33.2 Å². The van der Waals surface area contributed by atoms with Crippen molar-refractivity contribution in [2.24, 2.45) is 0 Å². The molecule has 0 saturated carbocycles. The molecule has 3 rings (SSSR count). The van der Waals surface area contributed by atoms with Gasteiger partial charge in [0.05, 0.1) is 11.5 Å². The van der Waals surface area contributed by atoms with Crippen LogP contribution in [0.4, 0.5) is 11.6 Å². The van der Waals surface area contributed by atoms with Gasteiger partial charge >= 0.3 is 0 Å². The Morgan fingerprint density at radius 2 is 1.89 bits per heavy atom. The van der Waals surface area contributed by atoms with E-state index < -0.39 is 9.84 Å². The largest absolute Gasteiger partial charge is 0.336 e. The van der Waals surface area contributed by atoms with Crippen LogP contribution in [-0.4, -0.2) is 53.8 Å². The van der Waals surface area contributed by atoms with Crippen LogP contribution < -0.4 is 5.32 Å². The molecule has 1 unspecified atom stereocenters. The standard InChI is InChI=1S/C19H24N4O3S/c1-12-9-13(2)17(14(3)10-12)22-19-20-7-5-16(21-19)18(24)23(4)15-6-8-27(25,26)11-15/h5,7,9-10,15H,6,8,11H2,1-4H3,(H,20,21,22). The number of hydrogen-bond acceptors (Lipinski definition) is 6. The Balaban J connectivity index is 1.80. The fraction of sp³-hybridized carbons (Fsp3) is 0.421. The lowest BCUT2D eigenvalue weighted by Gasteiger charge is -2.23. The normalized spacial score (nSPS) is 18.3. The highest BCUT2D eigenvalue weighted by atomic mass is 32.2. The summed E-state index contributed by atoms with van der Waals surface area (Å²) >= 11 is 0. The number of aryl methyl sites for hydroxylation is 3. The highest BCUT2D eigenvalue weighted by Crippen LogP contribution is 2.24.